The minimum absolute atomic E-state index is 0.0852. The predicted octanol–water partition coefficient (Wildman–Crippen LogP) is 3.33. The molecule has 3 nitrogen and oxygen atoms in total. The van der Waals surface area contributed by atoms with Crippen molar-refractivity contribution in [3.8, 4) is 0 Å². The first-order valence-corrected chi connectivity index (χ1v) is 6.38. The molecule has 1 aromatic rings. The van der Waals surface area contributed by atoms with Crippen LogP contribution in [0.5, 0.6) is 0 Å². The zero-order valence-corrected chi connectivity index (χ0v) is 10.6. The molecule has 0 spiro atoms. The van der Waals surface area contributed by atoms with Crippen molar-refractivity contribution in [1.29, 1.82) is 0 Å². The molecule has 0 saturated heterocycles. The second-order valence-corrected chi connectivity index (χ2v) is 4.82. The lowest BCUT2D eigenvalue weighted by Gasteiger charge is -2.21. The van der Waals surface area contributed by atoms with Crippen molar-refractivity contribution in [3.05, 3.63) is 28.5 Å². The van der Waals surface area contributed by atoms with Gasteiger partial charge < -0.3 is 4.74 Å². The molecule has 1 aliphatic rings. The van der Waals surface area contributed by atoms with Crippen LogP contribution in [0.1, 0.15) is 42.6 Å². The summed E-state index contributed by atoms with van der Waals surface area (Å²) >= 11 is 3.24. The lowest BCUT2D eigenvalue weighted by atomic mass is 9.98. The summed E-state index contributed by atoms with van der Waals surface area (Å²) in [6.45, 7) is 0. The fourth-order valence-corrected chi connectivity index (χ4v) is 2.26. The van der Waals surface area contributed by atoms with E-state index in [9.17, 15) is 4.79 Å². The standard InChI is InChI=1S/C12H14BrNO2/c13-11-8-4-7-10(14-11)12(15)16-9-5-2-1-3-6-9/h4,7-9H,1-3,5-6H2. The topological polar surface area (TPSA) is 39.2 Å². The van der Waals surface area contributed by atoms with E-state index in [4.69, 9.17) is 4.74 Å². The molecule has 1 aromatic heterocycles. The summed E-state index contributed by atoms with van der Waals surface area (Å²) in [6, 6.07) is 5.25. The van der Waals surface area contributed by atoms with E-state index in [-0.39, 0.29) is 12.1 Å². The minimum atomic E-state index is -0.312. The van der Waals surface area contributed by atoms with E-state index in [1.165, 1.54) is 6.42 Å². The molecular formula is C12H14BrNO2. The molecule has 1 saturated carbocycles. The van der Waals surface area contributed by atoms with E-state index in [2.05, 4.69) is 20.9 Å². The van der Waals surface area contributed by atoms with E-state index < -0.39 is 0 Å². The number of hydrogen-bond donors (Lipinski definition) is 0. The van der Waals surface area contributed by atoms with Crippen molar-refractivity contribution in [2.75, 3.05) is 0 Å². The van der Waals surface area contributed by atoms with Gasteiger partial charge in [-0.1, -0.05) is 12.5 Å². The molecule has 1 heterocycles. The highest BCUT2D eigenvalue weighted by Gasteiger charge is 2.19. The zero-order valence-electron chi connectivity index (χ0n) is 8.99. The Morgan fingerprint density at radius 3 is 2.75 bits per heavy atom. The first-order valence-electron chi connectivity index (χ1n) is 5.59. The molecule has 1 fully saturated rings. The summed E-state index contributed by atoms with van der Waals surface area (Å²) < 4.78 is 6.07. The number of rotatable bonds is 2. The van der Waals surface area contributed by atoms with E-state index in [1.807, 2.05) is 0 Å². The van der Waals surface area contributed by atoms with Crippen LogP contribution in [-0.2, 0) is 4.74 Å². The Morgan fingerprint density at radius 1 is 1.31 bits per heavy atom. The normalized spacial score (nSPS) is 17.1. The monoisotopic (exact) mass is 283 g/mol. The quantitative estimate of drug-likeness (QED) is 0.617. The van der Waals surface area contributed by atoms with Crippen LogP contribution in [-0.4, -0.2) is 17.1 Å². The van der Waals surface area contributed by atoms with Gasteiger partial charge in [0.1, 0.15) is 16.4 Å². The Hall–Kier alpha value is -0.900. The van der Waals surface area contributed by atoms with Crippen molar-refractivity contribution in [3.63, 3.8) is 0 Å². The molecule has 0 amide bonds. The first kappa shape index (κ1) is 11.6. The minimum Gasteiger partial charge on any atom is -0.458 e. The number of carbonyl (C=O) groups excluding carboxylic acids is 1. The first-order chi connectivity index (χ1) is 7.75. The van der Waals surface area contributed by atoms with Gasteiger partial charge in [-0.25, -0.2) is 9.78 Å². The third kappa shape index (κ3) is 3.04. The average Bonchev–Trinajstić information content (AvgIpc) is 2.30. The number of ether oxygens (including phenoxy) is 1. The van der Waals surface area contributed by atoms with Gasteiger partial charge in [0.15, 0.2) is 0 Å². The molecule has 0 N–H and O–H groups in total. The lowest BCUT2D eigenvalue weighted by Crippen LogP contribution is -2.21. The Bertz CT molecular complexity index is 375. The number of esters is 1. The number of hydrogen-bond acceptors (Lipinski definition) is 3. The molecule has 0 radical (unpaired) electrons. The summed E-state index contributed by atoms with van der Waals surface area (Å²) in [5.74, 6) is -0.312. The van der Waals surface area contributed by atoms with Crippen molar-refractivity contribution < 1.29 is 9.53 Å². The molecule has 2 rings (SSSR count). The molecule has 86 valence electrons. The molecule has 0 aromatic carbocycles. The number of nitrogens with zero attached hydrogens (tertiary/aromatic N) is 1. The van der Waals surface area contributed by atoms with Crippen molar-refractivity contribution >= 4 is 21.9 Å². The molecule has 0 bridgehead atoms. The van der Waals surface area contributed by atoms with Crippen LogP contribution in [0.25, 0.3) is 0 Å². The van der Waals surface area contributed by atoms with Gasteiger partial charge in [0, 0.05) is 0 Å². The fourth-order valence-electron chi connectivity index (χ4n) is 1.92. The lowest BCUT2D eigenvalue weighted by molar-refractivity contribution is 0.0204. The van der Waals surface area contributed by atoms with Crippen LogP contribution in [0.3, 0.4) is 0 Å². The highest BCUT2D eigenvalue weighted by molar-refractivity contribution is 9.10. The Morgan fingerprint density at radius 2 is 2.06 bits per heavy atom. The van der Waals surface area contributed by atoms with Crippen LogP contribution in [0.2, 0.25) is 0 Å². The SMILES string of the molecule is O=C(OC1CCCCC1)c1cccc(Br)n1. The highest BCUT2D eigenvalue weighted by atomic mass is 79.9. The van der Waals surface area contributed by atoms with Gasteiger partial charge in [0.05, 0.1) is 0 Å². The molecule has 0 unspecified atom stereocenters. The average molecular weight is 284 g/mol. The van der Waals surface area contributed by atoms with Gasteiger partial charge in [0.2, 0.25) is 0 Å². The second-order valence-electron chi connectivity index (χ2n) is 4.01. The summed E-state index contributed by atoms with van der Waals surface area (Å²) in [4.78, 5) is 15.8. The van der Waals surface area contributed by atoms with Gasteiger partial charge in [-0.05, 0) is 53.7 Å². The van der Waals surface area contributed by atoms with Gasteiger partial charge in [-0.15, -0.1) is 0 Å². The van der Waals surface area contributed by atoms with Crippen molar-refractivity contribution in [1.82, 2.24) is 4.98 Å². The highest BCUT2D eigenvalue weighted by Crippen LogP contribution is 2.21. The maximum atomic E-state index is 11.8. The molecule has 1 aliphatic carbocycles. The maximum absolute atomic E-state index is 11.8. The van der Waals surface area contributed by atoms with Crippen LogP contribution < -0.4 is 0 Å². The van der Waals surface area contributed by atoms with Crippen molar-refractivity contribution in [2.24, 2.45) is 0 Å². The van der Waals surface area contributed by atoms with E-state index >= 15 is 0 Å². The van der Waals surface area contributed by atoms with Crippen molar-refractivity contribution in [2.45, 2.75) is 38.2 Å². The third-order valence-electron chi connectivity index (χ3n) is 2.75. The van der Waals surface area contributed by atoms with Gasteiger partial charge >= 0.3 is 5.97 Å². The number of aromatic nitrogens is 1. The van der Waals surface area contributed by atoms with Crippen LogP contribution in [0.15, 0.2) is 22.8 Å². The third-order valence-corrected chi connectivity index (χ3v) is 3.19. The smallest absolute Gasteiger partial charge is 0.357 e. The van der Waals surface area contributed by atoms with Gasteiger partial charge in [0.25, 0.3) is 0 Å². The molecule has 0 aliphatic heterocycles. The molecule has 4 heteroatoms. The predicted molar refractivity (Wildman–Crippen MR) is 64.2 cm³/mol. The summed E-state index contributed by atoms with van der Waals surface area (Å²) in [5, 5.41) is 0. The van der Waals surface area contributed by atoms with Crippen LogP contribution >= 0.6 is 15.9 Å². The summed E-state index contributed by atoms with van der Waals surface area (Å²) in [6.07, 6.45) is 5.62. The largest absolute Gasteiger partial charge is 0.458 e. The molecule has 0 atom stereocenters. The van der Waals surface area contributed by atoms with Crippen LogP contribution in [0.4, 0.5) is 0 Å². The Labute approximate surface area is 103 Å². The number of halogens is 1. The summed E-state index contributed by atoms with van der Waals surface area (Å²) in [5.41, 5.74) is 0.375. The van der Waals surface area contributed by atoms with Gasteiger partial charge in [-0.3, -0.25) is 0 Å². The molecule has 16 heavy (non-hydrogen) atoms. The van der Waals surface area contributed by atoms with E-state index in [0.717, 1.165) is 25.7 Å². The summed E-state index contributed by atoms with van der Waals surface area (Å²) in [7, 11) is 0. The fraction of sp³-hybridized carbons (Fsp3) is 0.500. The van der Waals surface area contributed by atoms with E-state index in [1.54, 1.807) is 18.2 Å². The maximum Gasteiger partial charge on any atom is 0.357 e. The second kappa shape index (κ2) is 5.43. The van der Waals surface area contributed by atoms with Gasteiger partial charge in [-0.2, -0.15) is 0 Å². The number of carbonyl (C=O) groups is 1. The Balaban J connectivity index is 1.97. The molecular weight excluding hydrogens is 270 g/mol. The Kier molecular flexibility index (Phi) is 3.93. The zero-order chi connectivity index (χ0) is 11.4. The van der Waals surface area contributed by atoms with E-state index in [0.29, 0.717) is 10.3 Å². The van der Waals surface area contributed by atoms with Crippen LogP contribution in [0, 0.1) is 0 Å². The number of pyridine rings is 1.